The minimum atomic E-state index is -1.12. The minimum absolute atomic E-state index is 0.0300. The SMILES string of the molecule is CC(C)(C)OC(=O)C[C@@H]1C[C@@H](c2nc(C(=O)O)cs2)N(C(=O)c2cn3ccccc3n2)C1.CCC(=O)[C@@H](N)CCCCN=C(NC(=O)OC(C)(C)C)NC(=O)OC(C)(C)C.CNC(=O)[C@H](CCCCN=C(NC(=O)OC(C)(C)C)NC(=O)OC(C)(C)C)CC(=O)c1csc([C@@H]2C[C@@H](CC(=O)OC(C)(C)C)CN2C(=O)c2cn3ccccc3n2)n1. The lowest BCUT2D eigenvalue weighted by molar-refractivity contribution is -0.157. The minimum Gasteiger partial charge on any atom is -0.476 e. The highest BCUT2D eigenvalue weighted by molar-refractivity contribution is 7.10. The summed E-state index contributed by atoms with van der Waals surface area (Å²) in [7, 11) is 1.50. The number of carbonyl (C=O) groups is 12. The molecule has 6 aromatic heterocycles. The number of nitrogens with one attached hydrogen (secondary N) is 5. The van der Waals surface area contributed by atoms with Crippen LogP contribution in [-0.4, -0.2) is 200 Å². The van der Waals surface area contributed by atoms with Crippen LogP contribution in [0.2, 0.25) is 0 Å². The fraction of sp³-hybridized carbons (Fsp3) is 0.585. The molecule has 0 radical (unpaired) electrons. The van der Waals surface area contributed by atoms with Crippen molar-refractivity contribution in [1.29, 1.82) is 0 Å². The van der Waals surface area contributed by atoms with Gasteiger partial charge >= 0.3 is 42.3 Å². The number of carboxylic acid groups (broad SMARTS) is 1. The van der Waals surface area contributed by atoms with Crippen molar-refractivity contribution in [2.24, 2.45) is 33.5 Å². The fourth-order valence-corrected chi connectivity index (χ4v) is 14.1. The van der Waals surface area contributed by atoms with Gasteiger partial charge in [-0.25, -0.2) is 43.9 Å². The number of hydrogen-bond acceptors (Lipinski definition) is 27. The molecule has 0 bridgehead atoms. The van der Waals surface area contributed by atoms with Gasteiger partial charge in [0.25, 0.3) is 11.8 Å². The van der Waals surface area contributed by atoms with Crippen LogP contribution in [0, 0.1) is 17.8 Å². The average molecular weight is 1700 g/mol. The van der Waals surface area contributed by atoms with Gasteiger partial charge in [-0.2, -0.15) is 0 Å². The molecule has 8 heterocycles. The van der Waals surface area contributed by atoms with Crippen LogP contribution < -0.4 is 32.3 Å². The molecule has 0 saturated carbocycles. The maximum Gasteiger partial charge on any atom is 0.414 e. The van der Waals surface area contributed by atoms with Gasteiger partial charge in [-0.3, -0.25) is 64.8 Å². The maximum atomic E-state index is 14.0. The number of carbonyl (C=O) groups excluding carboxylic acids is 11. The number of guanidine groups is 2. The molecule has 652 valence electrons. The number of unbranched alkanes of at least 4 members (excludes halogenated alkanes) is 2. The number of amides is 7. The second-order valence-electron chi connectivity index (χ2n) is 34.7. The fourth-order valence-electron chi connectivity index (χ4n) is 12.2. The Morgan fingerprint density at radius 3 is 1.23 bits per heavy atom. The molecule has 7 amide bonds. The maximum absolute atomic E-state index is 14.0. The lowest BCUT2D eigenvalue weighted by atomic mass is 9.94. The van der Waals surface area contributed by atoms with Crippen molar-refractivity contribution in [3.63, 3.8) is 0 Å². The van der Waals surface area contributed by atoms with Gasteiger partial charge in [-0.05, 0) is 206 Å². The standard InChI is InChI=1S/C41H58N8O9S.C22H24N4O5S.C19H36N4O5/c1-39(2,3)56-32(51)20-25-19-29(49(22-25)35(53)27-23-48-18-14-12-16-31(48)44-27)34-45-28(24-59-34)30(50)21-26(33(52)42-10)15-11-13-17-43-36(46-37(54)57-40(4,5)6)47-38(55)58-41(7,8)9;1-22(2,3)31-18(27)9-13-8-16(19-24-15(12-32-19)21(29)30)26(10-13)20(28)14-11-25-7-5-4-6-17(25)23-14;1-8-14(24)13(20)11-9-10-12-21-15(22-16(25)27-18(2,3)4)23-17(26)28-19(5,6)7/h12,14,16,18,23-26,29H,11,13,15,17,19-22H2,1-10H3,(H,42,52)(H2,43,46,47,54,55);4-7,11-13,16H,8-10H2,1-3H3,(H,29,30);13H,8-12,20H2,1-7H3,(H2,21,22,23,25,26)/t25-,26+,29-;13-,16-;13-/m000/s1. The first-order valence-electron chi connectivity index (χ1n) is 39.5. The number of imidazole rings is 2. The number of esters is 2. The molecule has 0 spiro atoms. The molecular formula is C82H118N16O19S2. The van der Waals surface area contributed by atoms with Gasteiger partial charge in [0.05, 0.1) is 31.0 Å². The first-order valence-corrected chi connectivity index (χ1v) is 41.3. The molecule has 6 aromatic rings. The number of hydrogen-bond donors (Lipinski definition) is 7. The molecule has 2 fully saturated rings. The number of ketones is 2. The lowest BCUT2D eigenvalue weighted by Crippen LogP contribution is -2.47. The number of Topliss-reactive ketones (excluding diaryl/α,β-unsaturated/α-hetero) is 2. The molecule has 2 aliphatic rings. The third-order valence-corrected chi connectivity index (χ3v) is 18.9. The number of thiazole rings is 2. The molecule has 0 unspecified atom stereocenters. The lowest BCUT2D eigenvalue weighted by Gasteiger charge is -2.22. The van der Waals surface area contributed by atoms with Crippen LogP contribution in [0.25, 0.3) is 11.3 Å². The van der Waals surface area contributed by atoms with Crippen LogP contribution in [0.1, 0.15) is 273 Å². The van der Waals surface area contributed by atoms with Crippen molar-refractivity contribution in [2.75, 3.05) is 33.2 Å². The van der Waals surface area contributed by atoms with Crippen LogP contribution in [-0.2, 0) is 47.6 Å². The van der Waals surface area contributed by atoms with Crippen LogP contribution >= 0.6 is 22.7 Å². The van der Waals surface area contributed by atoms with Crippen LogP contribution in [0.3, 0.4) is 0 Å². The summed E-state index contributed by atoms with van der Waals surface area (Å²) in [6.07, 6.45) is 8.58. The van der Waals surface area contributed by atoms with Crippen molar-refractivity contribution >= 4 is 117 Å². The van der Waals surface area contributed by atoms with Gasteiger partial charge in [0.1, 0.15) is 77.8 Å². The molecule has 6 atom stereocenters. The van der Waals surface area contributed by atoms with Gasteiger partial charge in [-0.15, -0.1) is 22.7 Å². The van der Waals surface area contributed by atoms with Gasteiger partial charge in [0, 0.05) is 87.5 Å². The van der Waals surface area contributed by atoms with Crippen molar-refractivity contribution in [2.45, 2.75) is 260 Å². The predicted molar refractivity (Wildman–Crippen MR) is 446 cm³/mol. The van der Waals surface area contributed by atoms with Crippen LogP contribution in [0.5, 0.6) is 0 Å². The Hall–Kier alpha value is -10.8. The monoisotopic (exact) mass is 1690 g/mol. The second-order valence-corrected chi connectivity index (χ2v) is 36.5. The Kier molecular flexibility index (Phi) is 34.8. The summed E-state index contributed by atoms with van der Waals surface area (Å²) < 4.78 is 35.5. The molecule has 8 N–H and O–H groups in total. The van der Waals surface area contributed by atoms with Gasteiger partial charge < -0.3 is 63.2 Å². The largest absolute Gasteiger partial charge is 0.476 e. The molecule has 35 nitrogen and oxygen atoms in total. The molecule has 119 heavy (non-hydrogen) atoms. The van der Waals surface area contributed by atoms with E-state index in [1.165, 1.54) is 35.1 Å². The Morgan fingerprint density at radius 1 is 0.513 bits per heavy atom. The summed E-state index contributed by atoms with van der Waals surface area (Å²) in [5.41, 5.74) is 3.53. The van der Waals surface area contributed by atoms with E-state index in [9.17, 15) is 62.6 Å². The predicted octanol–water partition coefficient (Wildman–Crippen LogP) is 12.5. The number of ether oxygens (including phenoxy) is 6. The summed E-state index contributed by atoms with van der Waals surface area (Å²) in [6.45, 7) is 34.3. The normalized spacial score (nSPS) is 16.0. The van der Waals surface area contributed by atoms with E-state index < -0.39 is 88.0 Å². The molecule has 2 aliphatic heterocycles. The molecule has 2 saturated heterocycles. The van der Waals surface area contributed by atoms with Gasteiger partial charge in [0.2, 0.25) is 17.8 Å². The van der Waals surface area contributed by atoms with Gasteiger partial charge in [0.15, 0.2) is 11.5 Å². The highest BCUT2D eigenvalue weighted by Gasteiger charge is 2.43. The van der Waals surface area contributed by atoms with Crippen LogP contribution in [0.4, 0.5) is 19.2 Å². The Bertz CT molecular complexity index is 4470. The zero-order valence-corrected chi connectivity index (χ0v) is 73.5. The molecule has 0 aliphatic carbocycles. The summed E-state index contributed by atoms with van der Waals surface area (Å²) in [5.74, 6) is -4.22. The highest BCUT2D eigenvalue weighted by Crippen LogP contribution is 2.42. The summed E-state index contributed by atoms with van der Waals surface area (Å²) >= 11 is 2.45. The number of rotatable bonds is 25. The summed E-state index contributed by atoms with van der Waals surface area (Å²) in [5, 5.41) is 25.8. The number of likely N-dealkylation sites (tertiary alicyclic amines) is 2. The smallest absolute Gasteiger partial charge is 0.414 e. The number of nitrogens with zero attached hydrogens (tertiary/aromatic N) is 10. The van der Waals surface area contributed by atoms with E-state index in [-0.39, 0.29) is 120 Å². The Morgan fingerprint density at radius 2 is 0.882 bits per heavy atom. The first kappa shape index (κ1) is 97.0. The van der Waals surface area contributed by atoms with E-state index in [1.54, 1.807) is 159 Å². The quantitative estimate of drug-likeness (QED) is 0.00699. The number of nitrogens with two attached hydrogens (primary N) is 1. The average Bonchev–Trinajstić information content (AvgIpc) is 1.64. The molecule has 37 heteroatoms. The third-order valence-electron chi connectivity index (χ3n) is 17.0. The van der Waals surface area contributed by atoms with Crippen molar-refractivity contribution in [3.8, 4) is 0 Å². The first-order chi connectivity index (χ1) is 55.3. The van der Waals surface area contributed by atoms with E-state index >= 15 is 0 Å². The molecular weight excluding hydrogens is 1580 g/mol. The Labute approximate surface area is 701 Å². The topological polar surface area (TPSA) is 458 Å². The second kappa shape index (κ2) is 42.7. The Balaban J connectivity index is 0.000000307. The van der Waals surface area contributed by atoms with E-state index in [0.29, 0.717) is 92.2 Å². The number of pyridine rings is 2. The molecule has 0 aromatic carbocycles. The van der Waals surface area contributed by atoms with Crippen molar-refractivity contribution < 1.29 is 91.1 Å². The number of alkyl carbamates (subject to hydrolysis) is 4. The van der Waals surface area contributed by atoms with Gasteiger partial charge in [-0.1, -0.05) is 25.5 Å². The highest BCUT2D eigenvalue weighted by atomic mass is 32.1. The van der Waals surface area contributed by atoms with E-state index in [0.717, 1.165) is 0 Å². The number of aromatic nitrogens is 6. The third kappa shape index (κ3) is 33.8. The number of aliphatic imine (C=N–C) groups is 2. The van der Waals surface area contributed by atoms with E-state index in [2.05, 4.69) is 56.5 Å². The van der Waals surface area contributed by atoms with Crippen molar-refractivity contribution in [1.82, 2.24) is 65.1 Å². The van der Waals surface area contributed by atoms with E-state index in [1.807, 2.05) is 57.3 Å². The summed E-state index contributed by atoms with van der Waals surface area (Å²) in [6, 6.07) is 9.57. The number of fused-ring (bicyclic) bond motifs is 2. The van der Waals surface area contributed by atoms with Crippen LogP contribution in [0.15, 0.2) is 81.9 Å². The number of carboxylic acids is 1. The zero-order chi connectivity index (χ0) is 88.7. The van der Waals surface area contributed by atoms with Crippen molar-refractivity contribution in [3.05, 3.63) is 105 Å². The summed E-state index contributed by atoms with van der Waals surface area (Å²) in [4.78, 5) is 180. The van der Waals surface area contributed by atoms with E-state index in [4.69, 9.17) is 34.2 Å². The number of aromatic carboxylic acids is 1. The molecule has 8 rings (SSSR count). The zero-order valence-electron chi connectivity index (χ0n) is 71.9.